The molecular formula is C24H25Cl2F3N2O4. The van der Waals surface area contributed by atoms with Crippen molar-refractivity contribution in [2.24, 2.45) is 5.16 Å². The molecule has 2 heterocycles. The van der Waals surface area contributed by atoms with Crippen molar-refractivity contribution >= 4 is 28.9 Å². The van der Waals surface area contributed by atoms with Gasteiger partial charge >= 0.3 is 6.36 Å². The molecule has 35 heavy (non-hydrogen) atoms. The van der Waals surface area contributed by atoms with Crippen molar-refractivity contribution in [3.8, 4) is 5.75 Å². The Balaban J connectivity index is 1.28. The van der Waals surface area contributed by atoms with Crippen LogP contribution in [0.4, 0.5) is 13.2 Å². The van der Waals surface area contributed by atoms with Crippen molar-refractivity contribution in [1.82, 2.24) is 4.90 Å². The summed E-state index contributed by atoms with van der Waals surface area (Å²) in [6, 6.07) is 10.9. The fourth-order valence-corrected chi connectivity index (χ4v) is 5.02. The number of ether oxygens (including phenoxy) is 2. The lowest BCUT2D eigenvalue weighted by Gasteiger charge is -2.37. The maximum absolute atomic E-state index is 12.5. The number of benzene rings is 2. The Morgan fingerprint density at radius 1 is 1.03 bits per heavy atom. The molecule has 0 atom stereocenters. The Morgan fingerprint density at radius 3 is 2.26 bits per heavy atom. The molecule has 11 heteroatoms. The van der Waals surface area contributed by atoms with Gasteiger partial charge in [0.25, 0.3) is 0 Å². The summed E-state index contributed by atoms with van der Waals surface area (Å²) in [6.45, 7) is 2.06. The Kier molecular flexibility index (Phi) is 8.12. The monoisotopic (exact) mass is 532 g/mol. The van der Waals surface area contributed by atoms with E-state index in [0.717, 1.165) is 49.2 Å². The van der Waals surface area contributed by atoms with Crippen LogP contribution in [-0.4, -0.2) is 47.6 Å². The van der Waals surface area contributed by atoms with Gasteiger partial charge in [-0.1, -0.05) is 52.6 Å². The fraction of sp³-hybridized carbons (Fsp3) is 0.458. The summed E-state index contributed by atoms with van der Waals surface area (Å²) in [7, 11) is 0. The molecule has 0 aliphatic carbocycles. The minimum atomic E-state index is -4.86. The third-order valence-corrected chi connectivity index (χ3v) is 6.70. The molecule has 2 aromatic rings. The summed E-state index contributed by atoms with van der Waals surface area (Å²) < 4.78 is 46.6. The molecule has 190 valence electrons. The van der Waals surface area contributed by atoms with Gasteiger partial charge in [-0.25, -0.2) is 0 Å². The number of rotatable bonds is 8. The molecule has 1 fully saturated rings. The topological polar surface area (TPSA) is 63.5 Å². The van der Waals surface area contributed by atoms with E-state index in [1.165, 1.54) is 12.1 Å². The molecular weight excluding hydrogens is 508 g/mol. The van der Waals surface area contributed by atoms with Gasteiger partial charge in [0, 0.05) is 45.3 Å². The molecule has 0 amide bonds. The second-order valence-corrected chi connectivity index (χ2v) is 9.61. The van der Waals surface area contributed by atoms with Gasteiger partial charge in [-0.2, -0.15) is 0 Å². The molecule has 2 aromatic carbocycles. The largest absolute Gasteiger partial charge is 0.573 e. The van der Waals surface area contributed by atoms with Gasteiger partial charge < -0.3 is 19.4 Å². The van der Waals surface area contributed by atoms with Crippen molar-refractivity contribution < 1.29 is 32.6 Å². The summed E-state index contributed by atoms with van der Waals surface area (Å²) in [5.74, 6) is -0.584. The zero-order valence-electron chi connectivity index (χ0n) is 18.8. The van der Waals surface area contributed by atoms with Crippen molar-refractivity contribution in [1.29, 1.82) is 0 Å². The lowest BCUT2D eigenvalue weighted by atomic mass is 9.85. The number of alkyl halides is 3. The zero-order chi connectivity index (χ0) is 25.1. The zero-order valence-corrected chi connectivity index (χ0v) is 20.3. The normalized spacial score (nSPS) is 17.9. The predicted octanol–water partition coefficient (Wildman–Crippen LogP) is 5.71. The Hall–Kier alpha value is -2.04. The number of hydrogen-bond donors (Lipinski definition) is 1. The number of halogens is 5. The molecule has 0 unspecified atom stereocenters. The van der Waals surface area contributed by atoms with E-state index in [1.807, 2.05) is 24.3 Å². The van der Waals surface area contributed by atoms with Crippen LogP contribution in [-0.2, 0) is 29.1 Å². The smallest absolute Gasteiger partial charge is 0.403 e. The minimum absolute atomic E-state index is 0.176. The SMILES string of the molecule is OCOCc1ccc(CC2=NOC3(CCN(Cc4cc(Cl)c(OC(F)(F)F)c(Cl)c4)CC3)C2)cc1. The summed E-state index contributed by atoms with van der Waals surface area (Å²) >= 11 is 12.0. The molecule has 2 aliphatic rings. The van der Waals surface area contributed by atoms with Crippen molar-refractivity contribution in [3.63, 3.8) is 0 Å². The number of piperidine rings is 1. The van der Waals surface area contributed by atoms with Crippen LogP contribution in [0.15, 0.2) is 41.6 Å². The molecule has 0 radical (unpaired) electrons. The van der Waals surface area contributed by atoms with E-state index in [0.29, 0.717) is 25.1 Å². The molecule has 0 saturated carbocycles. The average molecular weight is 533 g/mol. The number of hydrogen-bond acceptors (Lipinski definition) is 6. The van der Waals surface area contributed by atoms with Gasteiger partial charge in [-0.3, -0.25) is 4.90 Å². The highest BCUT2D eigenvalue weighted by molar-refractivity contribution is 6.37. The summed E-state index contributed by atoms with van der Waals surface area (Å²) in [6.07, 6.45) is -1.83. The van der Waals surface area contributed by atoms with Crippen LogP contribution in [0.2, 0.25) is 10.0 Å². The first-order chi connectivity index (χ1) is 16.6. The maximum atomic E-state index is 12.5. The van der Waals surface area contributed by atoms with Crippen molar-refractivity contribution in [2.75, 3.05) is 19.9 Å². The fourth-order valence-electron chi connectivity index (χ4n) is 4.41. The third kappa shape index (κ3) is 7.01. The number of oxime groups is 1. The molecule has 4 rings (SSSR count). The Morgan fingerprint density at radius 2 is 1.66 bits per heavy atom. The highest BCUT2D eigenvalue weighted by atomic mass is 35.5. The molecule has 0 bridgehead atoms. The highest BCUT2D eigenvalue weighted by Crippen LogP contribution is 2.39. The van der Waals surface area contributed by atoms with Crippen LogP contribution < -0.4 is 4.74 Å². The number of aliphatic hydroxyl groups excluding tert-OH is 1. The van der Waals surface area contributed by atoms with E-state index in [1.54, 1.807) is 0 Å². The second kappa shape index (κ2) is 10.9. The van der Waals surface area contributed by atoms with Crippen LogP contribution in [0.1, 0.15) is 36.0 Å². The maximum Gasteiger partial charge on any atom is 0.573 e. The van der Waals surface area contributed by atoms with E-state index in [4.69, 9.17) is 37.9 Å². The van der Waals surface area contributed by atoms with E-state index in [9.17, 15) is 13.2 Å². The van der Waals surface area contributed by atoms with E-state index < -0.39 is 12.1 Å². The van der Waals surface area contributed by atoms with Crippen LogP contribution >= 0.6 is 23.2 Å². The van der Waals surface area contributed by atoms with Gasteiger partial charge in [0.05, 0.1) is 22.4 Å². The van der Waals surface area contributed by atoms with Gasteiger partial charge in [0.15, 0.2) is 5.75 Å². The van der Waals surface area contributed by atoms with E-state index in [-0.39, 0.29) is 22.4 Å². The van der Waals surface area contributed by atoms with Crippen LogP contribution in [0, 0.1) is 0 Å². The van der Waals surface area contributed by atoms with E-state index in [2.05, 4.69) is 14.8 Å². The van der Waals surface area contributed by atoms with Crippen LogP contribution in [0.3, 0.4) is 0 Å². The number of aliphatic hydroxyl groups is 1. The number of nitrogens with zero attached hydrogens (tertiary/aromatic N) is 2. The Labute approximate surface area is 211 Å². The summed E-state index contributed by atoms with van der Waals surface area (Å²) in [4.78, 5) is 8.08. The molecule has 1 spiro atoms. The lowest BCUT2D eigenvalue weighted by molar-refractivity contribution is -0.274. The summed E-state index contributed by atoms with van der Waals surface area (Å²) in [5.41, 5.74) is 3.50. The van der Waals surface area contributed by atoms with Crippen molar-refractivity contribution in [3.05, 3.63) is 63.1 Å². The van der Waals surface area contributed by atoms with Gasteiger partial charge in [0.2, 0.25) is 0 Å². The molecule has 2 aliphatic heterocycles. The first kappa shape index (κ1) is 26.0. The standard InChI is InChI=1S/C24H25Cl2F3N2O4/c25-20-10-18(11-21(26)22(20)34-24(27,28)29)13-31-7-5-23(6-8-31)12-19(30-35-23)9-16-1-3-17(4-2-16)14-33-15-32/h1-4,10-11,32H,5-9,12-15H2. The molecule has 6 nitrogen and oxygen atoms in total. The van der Waals surface area contributed by atoms with Gasteiger partial charge in [-0.05, 0) is 28.8 Å². The molecule has 1 N–H and O–H groups in total. The average Bonchev–Trinajstić information content (AvgIpc) is 3.19. The first-order valence-electron chi connectivity index (χ1n) is 11.1. The molecule has 1 saturated heterocycles. The first-order valence-corrected chi connectivity index (χ1v) is 11.9. The summed E-state index contributed by atoms with van der Waals surface area (Å²) in [5, 5.41) is 12.7. The molecule has 0 aromatic heterocycles. The Bertz CT molecular complexity index is 1030. The van der Waals surface area contributed by atoms with Crippen LogP contribution in [0.5, 0.6) is 5.75 Å². The lowest BCUT2D eigenvalue weighted by Crippen LogP contribution is -2.44. The van der Waals surface area contributed by atoms with Crippen LogP contribution in [0.25, 0.3) is 0 Å². The van der Waals surface area contributed by atoms with Gasteiger partial charge in [0.1, 0.15) is 12.4 Å². The second-order valence-electron chi connectivity index (χ2n) is 8.79. The van der Waals surface area contributed by atoms with Gasteiger partial charge in [-0.15, -0.1) is 13.2 Å². The quantitative estimate of drug-likeness (QED) is 0.441. The highest BCUT2D eigenvalue weighted by Gasteiger charge is 2.42. The third-order valence-electron chi connectivity index (χ3n) is 6.14. The van der Waals surface area contributed by atoms with E-state index >= 15 is 0 Å². The number of likely N-dealkylation sites (tertiary alicyclic amines) is 1. The predicted molar refractivity (Wildman–Crippen MR) is 126 cm³/mol. The minimum Gasteiger partial charge on any atom is -0.403 e. The van der Waals surface area contributed by atoms with Crippen molar-refractivity contribution in [2.45, 2.75) is 50.8 Å².